The van der Waals surface area contributed by atoms with E-state index in [1.807, 2.05) is 19.9 Å². The second kappa shape index (κ2) is 5.56. The fourth-order valence-electron chi connectivity index (χ4n) is 1.37. The highest BCUT2D eigenvalue weighted by atomic mass is 16.4. The van der Waals surface area contributed by atoms with E-state index in [4.69, 9.17) is 9.52 Å². The molecule has 0 aliphatic heterocycles. The minimum Gasteiger partial charge on any atom is -0.481 e. The Morgan fingerprint density at radius 1 is 1.60 bits per heavy atom. The third kappa shape index (κ3) is 3.75. The monoisotopic (exact) mass is 211 g/mol. The van der Waals surface area contributed by atoms with E-state index >= 15 is 0 Å². The SMILES string of the molecule is CCN(CCC(=O)O)Cc1occc1C. The van der Waals surface area contributed by atoms with Crippen molar-refractivity contribution in [3.63, 3.8) is 0 Å². The molecule has 1 rings (SSSR count). The maximum atomic E-state index is 10.4. The number of carboxylic acids is 1. The summed E-state index contributed by atoms with van der Waals surface area (Å²) in [6.45, 7) is 6.08. The van der Waals surface area contributed by atoms with Crippen LogP contribution in [0.3, 0.4) is 0 Å². The molecule has 0 atom stereocenters. The molecule has 0 unspecified atom stereocenters. The molecule has 1 aromatic rings. The Morgan fingerprint density at radius 3 is 2.80 bits per heavy atom. The second-order valence-electron chi connectivity index (χ2n) is 3.54. The van der Waals surface area contributed by atoms with E-state index in [9.17, 15) is 4.79 Å². The van der Waals surface area contributed by atoms with Crippen molar-refractivity contribution in [2.45, 2.75) is 26.8 Å². The summed E-state index contributed by atoms with van der Waals surface area (Å²) in [5.41, 5.74) is 1.11. The number of nitrogens with zero attached hydrogens (tertiary/aromatic N) is 1. The molecule has 1 N–H and O–H groups in total. The van der Waals surface area contributed by atoms with Gasteiger partial charge in [-0.05, 0) is 25.1 Å². The van der Waals surface area contributed by atoms with Gasteiger partial charge in [0.1, 0.15) is 5.76 Å². The highest BCUT2D eigenvalue weighted by Crippen LogP contribution is 2.11. The average molecular weight is 211 g/mol. The standard InChI is InChI=1S/C11H17NO3/c1-3-12(6-4-11(13)14)8-10-9(2)5-7-15-10/h5,7H,3-4,6,8H2,1-2H3,(H,13,14). The smallest absolute Gasteiger partial charge is 0.304 e. The first-order valence-corrected chi connectivity index (χ1v) is 5.10. The van der Waals surface area contributed by atoms with Gasteiger partial charge in [0, 0.05) is 6.54 Å². The van der Waals surface area contributed by atoms with E-state index < -0.39 is 5.97 Å². The van der Waals surface area contributed by atoms with Gasteiger partial charge in [0.2, 0.25) is 0 Å². The van der Waals surface area contributed by atoms with E-state index in [0.717, 1.165) is 17.9 Å². The van der Waals surface area contributed by atoms with Gasteiger partial charge < -0.3 is 9.52 Å². The number of hydrogen-bond donors (Lipinski definition) is 1. The predicted molar refractivity (Wildman–Crippen MR) is 56.6 cm³/mol. The first-order valence-electron chi connectivity index (χ1n) is 5.10. The lowest BCUT2D eigenvalue weighted by Gasteiger charge is -2.18. The van der Waals surface area contributed by atoms with E-state index in [-0.39, 0.29) is 6.42 Å². The van der Waals surface area contributed by atoms with Crippen LogP contribution in [-0.4, -0.2) is 29.1 Å². The fraction of sp³-hybridized carbons (Fsp3) is 0.545. The Balaban J connectivity index is 2.47. The molecular weight excluding hydrogens is 194 g/mol. The molecule has 0 amide bonds. The van der Waals surface area contributed by atoms with Gasteiger partial charge in [-0.3, -0.25) is 9.69 Å². The molecule has 0 aromatic carbocycles. The Morgan fingerprint density at radius 2 is 2.33 bits per heavy atom. The summed E-state index contributed by atoms with van der Waals surface area (Å²) in [7, 11) is 0. The van der Waals surface area contributed by atoms with Crippen LogP contribution in [0.25, 0.3) is 0 Å². The van der Waals surface area contributed by atoms with E-state index in [1.54, 1.807) is 6.26 Å². The number of carbonyl (C=O) groups is 1. The Labute approximate surface area is 89.5 Å². The summed E-state index contributed by atoms with van der Waals surface area (Å²) >= 11 is 0. The van der Waals surface area contributed by atoms with Crippen molar-refractivity contribution >= 4 is 5.97 Å². The van der Waals surface area contributed by atoms with Crippen LogP contribution in [0.1, 0.15) is 24.7 Å². The highest BCUT2D eigenvalue weighted by Gasteiger charge is 2.09. The maximum Gasteiger partial charge on any atom is 0.304 e. The molecular formula is C11H17NO3. The van der Waals surface area contributed by atoms with Crippen molar-refractivity contribution < 1.29 is 14.3 Å². The molecule has 4 heteroatoms. The van der Waals surface area contributed by atoms with Gasteiger partial charge in [0.15, 0.2) is 0 Å². The number of rotatable bonds is 6. The summed E-state index contributed by atoms with van der Waals surface area (Å²) < 4.78 is 5.31. The first kappa shape index (κ1) is 11.8. The number of furan rings is 1. The zero-order chi connectivity index (χ0) is 11.3. The molecule has 84 valence electrons. The van der Waals surface area contributed by atoms with Crippen LogP contribution in [0, 0.1) is 6.92 Å². The number of carboxylic acid groups (broad SMARTS) is 1. The molecule has 0 radical (unpaired) electrons. The van der Waals surface area contributed by atoms with Gasteiger partial charge in [-0.15, -0.1) is 0 Å². The van der Waals surface area contributed by atoms with Gasteiger partial charge in [-0.1, -0.05) is 6.92 Å². The van der Waals surface area contributed by atoms with Gasteiger partial charge in [0.25, 0.3) is 0 Å². The minimum absolute atomic E-state index is 0.174. The highest BCUT2D eigenvalue weighted by molar-refractivity contribution is 5.66. The van der Waals surface area contributed by atoms with Crippen LogP contribution in [0.15, 0.2) is 16.7 Å². The zero-order valence-electron chi connectivity index (χ0n) is 9.19. The van der Waals surface area contributed by atoms with Crippen molar-refractivity contribution in [3.8, 4) is 0 Å². The first-order chi connectivity index (χ1) is 7.13. The van der Waals surface area contributed by atoms with Crippen molar-refractivity contribution in [3.05, 3.63) is 23.7 Å². The molecule has 0 fully saturated rings. The lowest BCUT2D eigenvalue weighted by Crippen LogP contribution is -2.25. The summed E-state index contributed by atoms with van der Waals surface area (Å²) in [5.74, 6) is 0.159. The van der Waals surface area contributed by atoms with Crippen molar-refractivity contribution in [2.24, 2.45) is 0 Å². The molecule has 0 bridgehead atoms. The number of hydrogen-bond acceptors (Lipinski definition) is 3. The third-order valence-corrected chi connectivity index (χ3v) is 2.42. The Bertz CT molecular complexity index is 319. The van der Waals surface area contributed by atoms with Crippen molar-refractivity contribution in [2.75, 3.05) is 13.1 Å². The lowest BCUT2D eigenvalue weighted by molar-refractivity contribution is -0.137. The molecule has 15 heavy (non-hydrogen) atoms. The largest absolute Gasteiger partial charge is 0.481 e. The second-order valence-corrected chi connectivity index (χ2v) is 3.54. The normalized spacial score (nSPS) is 10.9. The van der Waals surface area contributed by atoms with Gasteiger partial charge >= 0.3 is 5.97 Å². The molecule has 4 nitrogen and oxygen atoms in total. The van der Waals surface area contributed by atoms with Crippen LogP contribution < -0.4 is 0 Å². The quantitative estimate of drug-likeness (QED) is 0.780. The molecule has 0 saturated carbocycles. The van der Waals surface area contributed by atoms with E-state index in [2.05, 4.69) is 4.90 Å². The number of aliphatic carboxylic acids is 1. The average Bonchev–Trinajstić information content (AvgIpc) is 2.58. The summed E-state index contributed by atoms with van der Waals surface area (Å²) in [6, 6.07) is 1.92. The van der Waals surface area contributed by atoms with Gasteiger partial charge in [-0.2, -0.15) is 0 Å². The van der Waals surface area contributed by atoms with Gasteiger partial charge in [-0.25, -0.2) is 0 Å². The van der Waals surface area contributed by atoms with Crippen LogP contribution in [-0.2, 0) is 11.3 Å². The topological polar surface area (TPSA) is 53.7 Å². The van der Waals surface area contributed by atoms with Crippen LogP contribution in [0.4, 0.5) is 0 Å². The molecule has 1 heterocycles. The summed E-state index contributed by atoms with van der Waals surface area (Å²) in [5, 5.41) is 8.59. The Hall–Kier alpha value is -1.29. The lowest BCUT2D eigenvalue weighted by atomic mass is 10.2. The number of aryl methyl sites for hydroxylation is 1. The Kier molecular flexibility index (Phi) is 4.37. The van der Waals surface area contributed by atoms with Crippen molar-refractivity contribution in [1.29, 1.82) is 0 Å². The van der Waals surface area contributed by atoms with Gasteiger partial charge in [0.05, 0.1) is 19.2 Å². The summed E-state index contributed by atoms with van der Waals surface area (Å²) in [4.78, 5) is 12.5. The third-order valence-electron chi connectivity index (χ3n) is 2.42. The van der Waals surface area contributed by atoms with Crippen molar-refractivity contribution in [1.82, 2.24) is 4.90 Å². The van der Waals surface area contributed by atoms with Crippen LogP contribution in [0.5, 0.6) is 0 Å². The van der Waals surface area contributed by atoms with Crippen LogP contribution >= 0.6 is 0 Å². The fourth-order valence-corrected chi connectivity index (χ4v) is 1.37. The predicted octanol–water partition coefficient (Wildman–Crippen LogP) is 1.88. The van der Waals surface area contributed by atoms with E-state index in [1.165, 1.54) is 0 Å². The van der Waals surface area contributed by atoms with E-state index in [0.29, 0.717) is 13.1 Å². The molecule has 0 aliphatic carbocycles. The molecule has 0 saturated heterocycles. The molecule has 1 aromatic heterocycles. The summed E-state index contributed by atoms with van der Waals surface area (Å²) in [6.07, 6.45) is 1.84. The van der Waals surface area contributed by atoms with Crippen LogP contribution in [0.2, 0.25) is 0 Å². The molecule has 0 aliphatic rings. The zero-order valence-corrected chi connectivity index (χ0v) is 9.19. The minimum atomic E-state index is -0.760. The molecule has 0 spiro atoms. The maximum absolute atomic E-state index is 10.4.